The van der Waals surface area contributed by atoms with Crippen LogP contribution in [0.1, 0.15) is 23.4 Å². The van der Waals surface area contributed by atoms with Gasteiger partial charge in [-0.25, -0.2) is 9.37 Å². The van der Waals surface area contributed by atoms with Gasteiger partial charge in [-0.1, -0.05) is 23.2 Å². The van der Waals surface area contributed by atoms with Crippen molar-refractivity contribution < 1.29 is 4.39 Å². The van der Waals surface area contributed by atoms with Crippen molar-refractivity contribution in [2.75, 3.05) is 44.7 Å². The van der Waals surface area contributed by atoms with Gasteiger partial charge in [0.25, 0.3) is 0 Å². The molecule has 0 amide bonds. The second-order valence-corrected chi connectivity index (χ2v) is 9.67. The molecular formula is C24H26Cl2FN7. The van der Waals surface area contributed by atoms with Crippen molar-refractivity contribution in [1.82, 2.24) is 30.0 Å². The van der Waals surface area contributed by atoms with Crippen molar-refractivity contribution in [2.24, 2.45) is 0 Å². The second-order valence-electron chi connectivity index (χ2n) is 8.88. The van der Waals surface area contributed by atoms with Gasteiger partial charge in [0.2, 0.25) is 0 Å². The minimum atomic E-state index is -0.473. The number of anilines is 1. The summed E-state index contributed by atoms with van der Waals surface area (Å²) in [4.78, 5) is 16.1. The number of halogens is 3. The monoisotopic (exact) mass is 501 g/mol. The van der Waals surface area contributed by atoms with Gasteiger partial charge in [0.05, 0.1) is 28.3 Å². The SMILES string of the molecule is CN1CCN(Cc2cncc(-c3cc4c(nn3)CCCN4Cc3c(Cl)ccc(F)c3Cl)n2)CC1. The zero-order chi connectivity index (χ0) is 23.7. The number of nitrogens with zero attached hydrogens (tertiary/aromatic N) is 7. The van der Waals surface area contributed by atoms with Gasteiger partial charge in [-0.05, 0) is 38.1 Å². The van der Waals surface area contributed by atoms with Crippen molar-refractivity contribution in [2.45, 2.75) is 25.9 Å². The Morgan fingerprint density at radius 2 is 1.79 bits per heavy atom. The smallest absolute Gasteiger partial charge is 0.142 e. The Hall–Kier alpha value is -2.39. The van der Waals surface area contributed by atoms with Crippen molar-refractivity contribution >= 4 is 28.9 Å². The van der Waals surface area contributed by atoms with Crippen molar-refractivity contribution in [1.29, 1.82) is 0 Å². The van der Waals surface area contributed by atoms with Crippen LogP contribution < -0.4 is 4.90 Å². The van der Waals surface area contributed by atoms with E-state index in [4.69, 9.17) is 28.2 Å². The Labute approximate surface area is 208 Å². The zero-order valence-corrected chi connectivity index (χ0v) is 20.5. The number of rotatable bonds is 5. The highest BCUT2D eigenvalue weighted by Crippen LogP contribution is 2.34. The van der Waals surface area contributed by atoms with Gasteiger partial charge in [0.15, 0.2) is 0 Å². The normalized spacial score (nSPS) is 17.1. The molecule has 2 aliphatic rings. The van der Waals surface area contributed by atoms with E-state index >= 15 is 0 Å². The molecule has 1 aromatic carbocycles. The molecule has 4 heterocycles. The molecule has 2 aliphatic heterocycles. The molecule has 1 saturated heterocycles. The van der Waals surface area contributed by atoms with Gasteiger partial charge < -0.3 is 9.80 Å². The lowest BCUT2D eigenvalue weighted by atomic mass is 10.1. The third-order valence-electron chi connectivity index (χ3n) is 6.45. The molecule has 0 spiro atoms. The molecule has 5 rings (SSSR count). The quantitative estimate of drug-likeness (QED) is 0.488. The Balaban J connectivity index is 1.40. The minimum absolute atomic E-state index is 0.0596. The molecular weight excluding hydrogens is 476 g/mol. The van der Waals surface area contributed by atoms with Crippen LogP contribution in [0.5, 0.6) is 0 Å². The lowest BCUT2D eigenvalue weighted by Gasteiger charge is -2.32. The first-order valence-corrected chi connectivity index (χ1v) is 12.2. The molecule has 10 heteroatoms. The molecule has 0 unspecified atom stereocenters. The Kier molecular flexibility index (Phi) is 6.92. The van der Waals surface area contributed by atoms with E-state index in [-0.39, 0.29) is 5.02 Å². The van der Waals surface area contributed by atoms with Gasteiger partial charge >= 0.3 is 0 Å². The fraction of sp³-hybridized carbons (Fsp3) is 0.417. The molecule has 0 radical (unpaired) electrons. The van der Waals surface area contributed by atoms with E-state index in [0.29, 0.717) is 28.5 Å². The summed E-state index contributed by atoms with van der Waals surface area (Å²) in [6, 6.07) is 4.82. The fourth-order valence-electron chi connectivity index (χ4n) is 4.45. The van der Waals surface area contributed by atoms with Crippen LogP contribution in [0.25, 0.3) is 11.4 Å². The average molecular weight is 502 g/mol. The fourth-order valence-corrected chi connectivity index (χ4v) is 4.94. The van der Waals surface area contributed by atoms with Crippen LogP contribution in [0, 0.1) is 5.82 Å². The van der Waals surface area contributed by atoms with E-state index in [9.17, 15) is 4.39 Å². The van der Waals surface area contributed by atoms with E-state index in [1.807, 2.05) is 12.3 Å². The lowest BCUT2D eigenvalue weighted by molar-refractivity contribution is 0.147. The summed E-state index contributed by atoms with van der Waals surface area (Å²) in [7, 11) is 2.14. The van der Waals surface area contributed by atoms with E-state index in [1.165, 1.54) is 6.07 Å². The number of likely N-dealkylation sites (N-methyl/N-ethyl adjacent to an activating group) is 1. The maximum Gasteiger partial charge on any atom is 0.142 e. The molecule has 1 fully saturated rings. The molecule has 34 heavy (non-hydrogen) atoms. The Morgan fingerprint density at radius 1 is 0.971 bits per heavy atom. The summed E-state index contributed by atoms with van der Waals surface area (Å²) >= 11 is 12.6. The predicted octanol–water partition coefficient (Wildman–Crippen LogP) is 4.08. The summed E-state index contributed by atoms with van der Waals surface area (Å²) in [5, 5.41) is 9.43. The summed E-state index contributed by atoms with van der Waals surface area (Å²) in [5.74, 6) is -0.473. The Bertz CT molecular complexity index is 1180. The van der Waals surface area contributed by atoms with Gasteiger partial charge in [-0.15, -0.1) is 5.10 Å². The van der Waals surface area contributed by atoms with Crippen molar-refractivity contribution in [3.63, 3.8) is 0 Å². The van der Waals surface area contributed by atoms with E-state index in [2.05, 4.69) is 36.9 Å². The molecule has 2 aromatic heterocycles. The number of piperazine rings is 1. The van der Waals surface area contributed by atoms with Crippen LogP contribution in [0.2, 0.25) is 10.0 Å². The first-order valence-electron chi connectivity index (χ1n) is 11.4. The third kappa shape index (κ3) is 5.00. The number of fused-ring (bicyclic) bond motifs is 1. The number of aryl methyl sites for hydroxylation is 1. The summed E-state index contributed by atoms with van der Waals surface area (Å²) in [6.07, 6.45) is 5.29. The highest BCUT2D eigenvalue weighted by atomic mass is 35.5. The molecule has 0 saturated carbocycles. The van der Waals surface area contributed by atoms with Crippen LogP contribution in [0.15, 0.2) is 30.6 Å². The van der Waals surface area contributed by atoms with Crippen molar-refractivity contribution in [3.8, 4) is 11.4 Å². The second kappa shape index (κ2) is 10.1. The summed E-state index contributed by atoms with van der Waals surface area (Å²) in [6.45, 7) is 6.08. The highest BCUT2D eigenvalue weighted by molar-refractivity contribution is 6.36. The molecule has 0 bridgehead atoms. The first kappa shape index (κ1) is 23.4. The molecule has 7 nitrogen and oxygen atoms in total. The van der Waals surface area contributed by atoms with Gasteiger partial charge in [-0.2, -0.15) is 5.10 Å². The average Bonchev–Trinajstić information content (AvgIpc) is 2.85. The van der Waals surface area contributed by atoms with Crippen molar-refractivity contribution in [3.05, 3.63) is 63.4 Å². The molecule has 178 valence electrons. The van der Waals surface area contributed by atoms with E-state index in [1.54, 1.807) is 12.3 Å². The van der Waals surface area contributed by atoms with Crippen LogP contribution in [0.4, 0.5) is 10.1 Å². The van der Waals surface area contributed by atoms with E-state index in [0.717, 1.165) is 69.2 Å². The number of benzene rings is 1. The van der Waals surface area contributed by atoms with Crippen LogP contribution >= 0.6 is 23.2 Å². The lowest BCUT2D eigenvalue weighted by Crippen LogP contribution is -2.44. The van der Waals surface area contributed by atoms with Gasteiger partial charge in [0.1, 0.15) is 17.2 Å². The largest absolute Gasteiger partial charge is 0.365 e. The van der Waals surface area contributed by atoms with Crippen LogP contribution in [0.3, 0.4) is 0 Å². The standard InChI is InChI=1S/C24H26Cl2FN7/c1-32-7-9-33(10-8-32)14-16-12-28-13-22(29-16)21-11-23-20(30-31-21)3-2-6-34(23)15-17-18(25)4-5-19(27)24(17)26/h4-5,11-13H,2-3,6-10,14-15H2,1H3. The van der Waals surface area contributed by atoms with Crippen LogP contribution in [-0.2, 0) is 19.5 Å². The van der Waals surface area contributed by atoms with Crippen LogP contribution in [-0.4, -0.2) is 69.7 Å². The predicted molar refractivity (Wildman–Crippen MR) is 132 cm³/mol. The highest BCUT2D eigenvalue weighted by Gasteiger charge is 2.23. The molecule has 0 N–H and O–H groups in total. The summed E-state index contributed by atoms with van der Waals surface area (Å²) < 4.78 is 14.1. The summed E-state index contributed by atoms with van der Waals surface area (Å²) in [5.41, 5.74) is 4.68. The zero-order valence-electron chi connectivity index (χ0n) is 19.0. The number of hydrogen-bond donors (Lipinski definition) is 0. The maximum atomic E-state index is 14.1. The number of hydrogen-bond acceptors (Lipinski definition) is 7. The number of aromatic nitrogens is 4. The minimum Gasteiger partial charge on any atom is -0.365 e. The maximum absolute atomic E-state index is 14.1. The topological polar surface area (TPSA) is 61.3 Å². The molecule has 0 aliphatic carbocycles. The van der Waals surface area contributed by atoms with Gasteiger partial charge in [-0.3, -0.25) is 9.88 Å². The third-order valence-corrected chi connectivity index (χ3v) is 7.21. The molecule has 0 atom stereocenters. The first-order chi connectivity index (χ1) is 16.5. The van der Waals surface area contributed by atoms with E-state index < -0.39 is 5.82 Å². The molecule has 3 aromatic rings. The Morgan fingerprint density at radius 3 is 2.62 bits per heavy atom. The van der Waals surface area contributed by atoms with Gasteiger partial charge in [0, 0.05) is 62.6 Å².